The molecular formula is C25H26FN3O4S. The zero-order valence-electron chi connectivity index (χ0n) is 18.5. The van der Waals surface area contributed by atoms with E-state index in [1.807, 2.05) is 30.3 Å². The first-order valence-corrected chi connectivity index (χ1v) is 12.4. The molecule has 0 aliphatic carbocycles. The van der Waals surface area contributed by atoms with Crippen LogP contribution in [0.25, 0.3) is 0 Å². The Hall–Kier alpha value is -3.27. The van der Waals surface area contributed by atoms with Crippen LogP contribution in [-0.2, 0) is 14.8 Å². The van der Waals surface area contributed by atoms with Gasteiger partial charge in [-0.1, -0.05) is 48.5 Å². The molecule has 34 heavy (non-hydrogen) atoms. The van der Waals surface area contributed by atoms with E-state index >= 15 is 0 Å². The summed E-state index contributed by atoms with van der Waals surface area (Å²) in [6, 6.07) is 20.5. The second-order valence-electron chi connectivity index (χ2n) is 7.96. The Kier molecular flexibility index (Phi) is 7.56. The molecule has 0 spiro atoms. The first kappa shape index (κ1) is 23.9. The maximum absolute atomic E-state index is 13.9. The molecule has 9 heteroatoms. The van der Waals surface area contributed by atoms with Crippen molar-refractivity contribution in [3.05, 3.63) is 95.8 Å². The Labute approximate surface area is 198 Å². The lowest BCUT2D eigenvalue weighted by Gasteiger charge is -2.31. The number of para-hydroxylation sites is 1. The van der Waals surface area contributed by atoms with Gasteiger partial charge in [0.1, 0.15) is 5.82 Å². The molecular weight excluding hydrogens is 457 g/mol. The van der Waals surface area contributed by atoms with E-state index in [-0.39, 0.29) is 22.2 Å². The number of sulfonamides is 1. The van der Waals surface area contributed by atoms with E-state index in [1.54, 1.807) is 6.07 Å². The molecule has 1 unspecified atom stereocenters. The van der Waals surface area contributed by atoms with Crippen LogP contribution in [0.15, 0.2) is 83.8 Å². The Morgan fingerprint density at radius 2 is 1.68 bits per heavy atom. The van der Waals surface area contributed by atoms with Gasteiger partial charge in [-0.2, -0.15) is 0 Å². The molecule has 1 atom stereocenters. The van der Waals surface area contributed by atoms with Crippen LogP contribution in [0, 0.1) is 5.82 Å². The van der Waals surface area contributed by atoms with Crippen LogP contribution in [0.4, 0.5) is 10.1 Å². The van der Waals surface area contributed by atoms with Crippen LogP contribution in [0.1, 0.15) is 22.0 Å². The molecule has 4 rings (SSSR count). The number of hydrogen-bond donors (Lipinski definition) is 2. The number of hydrogen-bond acceptors (Lipinski definition) is 5. The van der Waals surface area contributed by atoms with E-state index in [9.17, 15) is 17.6 Å². The van der Waals surface area contributed by atoms with E-state index in [0.29, 0.717) is 19.8 Å². The van der Waals surface area contributed by atoms with Gasteiger partial charge >= 0.3 is 0 Å². The van der Waals surface area contributed by atoms with Gasteiger partial charge in [-0.15, -0.1) is 0 Å². The van der Waals surface area contributed by atoms with E-state index in [0.717, 1.165) is 18.7 Å². The summed E-state index contributed by atoms with van der Waals surface area (Å²) in [6.45, 7) is 3.43. The zero-order chi connectivity index (χ0) is 24.0. The van der Waals surface area contributed by atoms with Crippen molar-refractivity contribution in [3.8, 4) is 0 Å². The molecule has 1 saturated heterocycles. The van der Waals surface area contributed by atoms with Gasteiger partial charge in [0, 0.05) is 25.2 Å². The van der Waals surface area contributed by atoms with Crippen LogP contribution < -0.4 is 10.0 Å². The summed E-state index contributed by atoms with van der Waals surface area (Å²) in [5, 5.41) is 3.04. The number of amides is 1. The van der Waals surface area contributed by atoms with Crippen LogP contribution in [-0.4, -0.2) is 52.1 Å². The minimum absolute atomic E-state index is 0.132. The third-order valence-corrected chi connectivity index (χ3v) is 6.94. The highest BCUT2D eigenvalue weighted by atomic mass is 32.2. The Morgan fingerprint density at radius 1 is 0.971 bits per heavy atom. The summed E-state index contributed by atoms with van der Waals surface area (Å²) in [6.07, 6.45) is 0. The molecule has 0 saturated carbocycles. The number of carbonyl (C=O) groups excluding carboxylic acids is 1. The van der Waals surface area contributed by atoms with Gasteiger partial charge in [-0.3, -0.25) is 14.4 Å². The molecule has 1 heterocycles. The molecule has 178 valence electrons. The maximum Gasteiger partial charge on any atom is 0.262 e. The normalized spacial score (nSPS) is 15.4. The van der Waals surface area contributed by atoms with Gasteiger partial charge < -0.3 is 10.1 Å². The fourth-order valence-corrected chi connectivity index (χ4v) is 4.87. The van der Waals surface area contributed by atoms with Crippen LogP contribution in [0.2, 0.25) is 0 Å². The lowest BCUT2D eigenvalue weighted by atomic mass is 10.1. The molecule has 1 aliphatic heterocycles. The molecule has 7 nitrogen and oxygen atoms in total. The van der Waals surface area contributed by atoms with E-state index in [2.05, 4.69) is 14.9 Å². The quantitative estimate of drug-likeness (QED) is 0.513. The molecule has 1 fully saturated rings. The van der Waals surface area contributed by atoms with Gasteiger partial charge in [-0.25, -0.2) is 12.8 Å². The van der Waals surface area contributed by atoms with Gasteiger partial charge in [0.2, 0.25) is 0 Å². The molecule has 1 amide bonds. The summed E-state index contributed by atoms with van der Waals surface area (Å²) in [7, 11) is -4.09. The number of nitrogens with one attached hydrogen (secondary N) is 2. The highest BCUT2D eigenvalue weighted by Gasteiger charge is 2.22. The summed E-state index contributed by atoms with van der Waals surface area (Å²) < 4.78 is 47.2. The van der Waals surface area contributed by atoms with Crippen molar-refractivity contribution < 1.29 is 22.3 Å². The first-order valence-electron chi connectivity index (χ1n) is 11.0. The predicted molar refractivity (Wildman–Crippen MR) is 128 cm³/mol. The highest BCUT2D eigenvalue weighted by Crippen LogP contribution is 2.21. The van der Waals surface area contributed by atoms with Gasteiger partial charge in [0.15, 0.2) is 0 Å². The predicted octanol–water partition coefficient (Wildman–Crippen LogP) is 3.43. The van der Waals surface area contributed by atoms with Crippen molar-refractivity contribution in [1.29, 1.82) is 0 Å². The lowest BCUT2D eigenvalue weighted by molar-refractivity contribution is 0.0332. The third kappa shape index (κ3) is 5.99. The smallest absolute Gasteiger partial charge is 0.262 e. The molecule has 2 N–H and O–H groups in total. The minimum Gasteiger partial charge on any atom is -0.379 e. The van der Waals surface area contributed by atoms with E-state index < -0.39 is 21.7 Å². The zero-order valence-corrected chi connectivity index (χ0v) is 19.3. The average molecular weight is 484 g/mol. The van der Waals surface area contributed by atoms with E-state index in [4.69, 9.17) is 4.74 Å². The summed E-state index contributed by atoms with van der Waals surface area (Å²) in [5.74, 6) is -1.08. The van der Waals surface area contributed by atoms with Crippen molar-refractivity contribution in [1.82, 2.24) is 10.2 Å². The monoisotopic (exact) mass is 483 g/mol. The van der Waals surface area contributed by atoms with Crippen molar-refractivity contribution >= 4 is 21.6 Å². The largest absolute Gasteiger partial charge is 0.379 e. The standard InChI is InChI=1S/C25H26FN3O4S/c26-22-11-4-5-12-23(22)28-34(31,32)21-10-6-9-20(17-21)25(30)27-24(19-7-2-1-3-8-19)18-29-13-15-33-16-14-29/h1-12,17,24,28H,13-16,18H2,(H,27,30). The number of benzene rings is 3. The molecule has 3 aromatic carbocycles. The Morgan fingerprint density at radius 3 is 2.41 bits per heavy atom. The van der Waals surface area contributed by atoms with Crippen LogP contribution in [0.3, 0.4) is 0 Å². The number of anilines is 1. The van der Waals surface area contributed by atoms with Crippen molar-refractivity contribution in [2.75, 3.05) is 37.6 Å². The molecule has 1 aliphatic rings. The van der Waals surface area contributed by atoms with Crippen LogP contribution in [0.5, 0.6) is 0 Å². The van der Waals surface area contributed by atoms with Crippen molar-refractivity contribution in [2.24, 2.45) is 0 Å². The summed E-state index contributed by atoms with van der Waals surface area (Å²) >= 11 is 0. The average Bonchev–Trinajstić information content (AvgIpc) is 2.86. The Bertz CT molecular complexity index is 1230. The molecule has 0 radical (unpaired) electrons. The van der Waals surface area contributed by atoms with Gasteiger partial charge in [-0.05, 0) is 35.9 Å². The molecule has 0 aromatic heterocycles. The molecule has 0 bridgehead atoms. The summed E-state index contributed by atoms with van der Waals surface area (Å²) in [4.78, 5) is 15.2. The number of halogens is 1. The number of ether oxygens (including phenoxy) is 1. The second-order valence-corrected chi connectivity index (χ2v) is 9.65. The fourth-order valence-electron chi connectivity index (χ4n) is 3.76. The van der Waals surface area contributed by atoms with Gasteiger partial charge in [0.05, 0.1) is 29.8 Å². The van der Waals surface area contributed by atoms with Crippen molar-refractivity contribution in [3.63, 3.8) is 0 Å². The topological polar surface area (TPSA) is 87.7 Å². The van der Waals surface area contributed by atoms with Crippen LogP contribution >= 0.6 is 0 Å². The maximum atomic E-state index is 13.9. The Balaban J connectivity index is 1.53. The SMILES string of the molecule is O=C(NC(CN1CCOCC1)c1ccccc1)c1cccc(S(=O)(=O)Nc2ccccc2F)c1. The second kappa shape index (κ2) is 10.8. The van der Waals surface area contributed by atoms with Gasteiger partial charge in [0.25, 0.3) is 15.9 Å². The van der Waals surface area contributed by atoms with E-state index in [1.165, 1.54) is 42.5 Å². The number of rotatable bonds is 8. The summed E-state index contributed by atoms with van der Waals surface area (Å²) in [5.41, 5.74) is 0.985. The minimum atomic E-state index is -4.09. The third-order valence-electron chi connectivity index (χ3n) is 5.58. The molecule has 3 aromatic rings. The fraction of sp³-hybridized carbons (Fsp3) is 0.240. The lowest BCUT2D eigenvalue weighted by Crippen LogP contribution is -2.43. The number of morpholine rings is 1. The highest BCUT2D eigenvalue weighted by molar-refractivity contribution is 7.92. The number of carbonyl (C=O) groups is 1. The van der Waals surface area contributed by atoms with Crippen molar-refractivity contribution in [2.45, 2.75) is 10.9 Å². The number of nitrogens with zero attached hydrogens (tertiary/aromatic N) is 1. The first-order chi connectivity index (χ1) is 16.4.